The van der Waals surface area contributed by atoms with Gasteiger partial charge < -0.3 is 9.84 Å². The van der Waals surface area contributed by atoms with Gasteiger partial charge in [-0.1, -0.05) is 17.6 Å². The molecule has 1 unspecified atom stereocenters. The molecule has 1 aliphatic carbocycles. The molecule has 5 nitrogen and oxygen atoms in total. The molecule has 1 aliphatic rings. The molecule has 3 rings (SSSR count). The number of hydrogen-bond acceptors (Lipinski definition) is 5. The molecule has 1 heterocycles. The van der Waals surface area contributed by atoms with Crippen molar-refractivity contribution in [1.82, 2.24) is 10.1 Å². The Kier molecular flexibility index (Phi) is 7.21. The summed E-state index contributed by atoms with van der Waals surface area (Å²) in [6.45, 7) is 8.16. The summed E-state index contributed by atoms with van der Waals surface area (Å²) in [5.74, 6) is 2.22. The maximum absolute atomic E-state index is 8.92. The average molecular weight is 338 g/mol. The molecule has 132 valence electrons. The van der Waals surface area contributed by atoms with Crippen LogP contribution in [0.4, 0.5) is 5.69 Å². The fraction of sp³-hybridized carbons (Fsp3) is 0.450. The van der Waals surface area contributed by atoms with Crippen molar-refractivity contribution >= 4 is 5.69 Å². The third kappa shape index (κ3) is 6.07. The van der Waals surface area contributed by atoms with Crippen LogP contribution in [0.25, 0.3) is 0 Å². The molecular weight excluding hydrogens is 312 g/mol. The number of nitrogens with one attached hydrogen (secondary N) is 1. The van der Waals surface area contributed by atoms with E-state index in [4.69, 9.17) is 9.78 Å². The summed E-state index contributed by atoms with van der Waals surface area (Å²) in [5, 5.41) is 16.4. The second-order valence-corrected chi connectivity index (χ2v) is 6.30. The molecule has 0 spiro atoms. The van der Waals surface area contributed by atoms with Gasteiger partial charge in [0, 0.05) is 24.1 Å². The summed E-state index contributed by atoms with van der Waals surface area (Å²) in [7, 11) is 0. The Morgan fingerprint density at radius 1 is 1.36 bits per heavy atom. The fourth-order valence-corrected chi connectivity index (χ4v) is 2.64. The number of benzene rings is 1. The fourth-order valence-electron chi connectivity index (χ4n) is 2.64. The molecule has 1 aromatic carbocycles. The van der Waals surface area contributed by atoms with E-state index in [1.165, 1.54) is 12.8 Å². The molecule has 0 aliphatic heterocycles. The largest absolute Gasteiger partial charge is 0.383 e. The first-order valence-corrected chi connectivity index (χ1v) is 8.84. The lowest BCUT2D eigenvalue weighted by molar-refractivity contribution is 0.368. The summed E-state index contributed by atoms with van der Waals surface area (Å²) in [6.07, 6.45) is 6.49. The number of nitrogens with zero attached hydrogens (tertiary/aromatic N) is 3. The second-order valence-electron chi connectivity index (χ2n) is 6.30. The van der Waals surface area contributed by atoms with E-state index in [0.29, 0.717) is 17.5 Å². The highest BCUT2D eigenvalue weighted by Crippen LogP contribution is 2.38. The van der Waals surface area contributed by atoms with Crippen molar-refractivity contribution in [2.45, 2.75) is 57.4 Å². The lowest BCUT2D eigenvalue weighted by atomic mass is 10.1. The first-order valence-electron chi connectivity index (χ1n) is 8.84. The van der Waals surface area contributed by atoms with Crippen molar-refractivity contribution in [2.75, 3.05) is 5.32 Å². The van der Waals surface area contributed by atoms with Crippen molar-refractivity contribution in [3.63, 3.8) is 0 Å². The van der Waals surface area contributed by atoms with Crippen molar-refractivity contribution < 1.29 is 4.52 Å². The van der Waals surface area contributed by atoms with Crippen LogP contribution in [0.3, 0.4) is 0 Å². The van der Waals surface area contributed by atoms with Crippen molar-refractivity contribution in [3.05, 3.63) is 54.7 Å². The van der Waals surface area contributed by atoms with Crippen LogP contribution in [-0.2, 0) is 6.42 Å². The minimum atomic E-state index is 0.369. The standard InChI is InChI=1S/C18H22N4O.C2H4/c1-13(20-16-7-4-6-14(11-16)12-19)5-2-3-8-17-21-18(22-23-17)15-9-10-15;1-2/h4,6-7,11,13,15,20H,2-3,5,8-10H2,1H3;1-2H2. The number of nitriles is 1. The van der Waals surface area contributed by atoms with E-state index in [1.54, 1.807) is 0 Å². The van der Waals surface area contributed by atoms with Crippen LogP contribution in [0.15, 0.2) is 41.9 Å². The number of aromatic nitrogens is 2. The highest BCUT2D eigenvalue weighted by molar-refractivity contribution is 5.49. The van der Waals surface area contributed by atoms with E-state index in [1.807, 2.05) is 24.3 Å². The van der Waals surface area contributed by atoms with Gasteiger partial charge in [0.05, 0.1) is 11.6 Å². The number of unbranched alkanes of at least 4 members (excludes halogenated alkanes) is 1. The summed E-state index contributed by atoms with van der Waals surface area (Å²) in [4.78, 5) is 4.45. The molecule has 5 heteroatoms. The minimum absolute atomic E-state index is 0.369. The van der Waals surface area contributed by atoms with Gasteiger partial charge >= 0.3 is 0 Å². The van der Waals surface area contributed by atoms with Gasteiger partial charge in [-0.05, 0) is 50.8 Å². The molecule has 1 saturated carbocycles. The predicted octanol–water partition coefficient (Wildman–Crippen LogP) is 4.83. The van der Waals surface area contributed by atoms with Crippen molar-refractivity contribution in [3.8, 4) is 6.07 Å². The molecule has 1 fully saturated rings. The van der Waals surface area contributed by atoms with E-state index < -0.39 is 0 Å². The zero-order chi connectivity index (χ0) is 18.1. The van der Waals surface area contributed by atoms with Crippen LogP contribution >= 0.6 is 0 Å². The number of aryl methyl sites for hydroxylation is 1. The number of rotatable bonds is 8. The zero-order valence-corrected chi connectivity index (χ0v) is 14.9. The van der Waals surface area contributed by atoms with Crippen molar-refractivity contribution in [2.24, 2.45) is 0 Å². The molecule has 1 N–H and O–H groups in total. The van der Waals surface area contributed by atoms with Gasteiger partial charge in [-0.2, -0.15) is 10.2 Å². The summed E-state index contributed by atoms with van der Waals surface area (Å²) in [6, 6.07) is 10.1. The lowest BCUT2D eigenvalue weighted by Gasteiger charge is -2.15. The average Bonchev–Trinajstić information content (AvgIpc) is 3.39. The van der Waals surface area contributed by atoms with Gasteiger partial charge in [-0.3, -0.25) is 0 Å². The van der Waals surface area contributed by atoms with Gasteiger partial charge in [0.2, 0.25) is 5.89 Å². The van der Waals surface area contributed by atoms with Crippen LogP contribution in [0.2, 0.25) is 0 Å². The first-order chi connectivity index (χ1) is 12.2. The van der Waals surface area contributed by atoms with Gasteiger partial charge in [0.25, 0.3) is 0 Å². The van der Waals surface area contributed by atoms with Crippen LogP contribution < -0.4 is 5.32 Å². The monoisotopic (exact) mass is 338 g/mol. The Labute approximate surface area is 149 Å². The molecule has 25 heavy (non-hydrogen) atoms. The smallest absolute Gasteiger partial charge is 0.226 e. The van der Waals surface area contributed by atoms with Gasteiger partial charge in [-0.25, -0.2) is 0 Å². The first kappa shape index (κ1) is 18.7. The van der Waals surface area contributed by atoms with Gasteiger partial charge in [0.1, 0.15) is 0 Å². The van der Waals surface area contributed by atoms with Gasteiger partial charge in [-0.15, -0.1) is 13.2 Å². The van der Waals surface area contributed by atoms with E-state index in [2.05, 4.69) is 41.6 Å². The van der Waals surface area contributed by atoms with Crippen molar-refractivity contribution in [1.29, 1.82) is 5.26 Å². The Morgan fingerprint density at radius 3 is 2.88 bits per heavy atom. The highest BCUT2D eigenvalue weighted by Gasteiger charge is 2.28. The van der Waals surface area contributed by atoms with E-state index in [9.17, 15) is 0 Å². The van der Waals surface area contributed by atoms with E-state index >= 15 is 0 Å². The zero-order valence-electron chi connectivity index (χ0n) is 14.9. The molecule has 0 bridgehead atoms. The molecular formula is C20H26N4O. The maximum atomic E-state index is 8.92. The molecule has 0 amide bonds. The normalized spacial score (nSPS) is 14.1. The summed E-state index contributed by atoms with van der Waals surface area (Å²) >= 11 is 0. The number of hydrogen-bond donors (Lipinski definition) is 1. The molecule has 0 saturated heterocycles. The topological polar surface area (TPSA) is 74.7 Å². The Balaban J connectivity index is 0.00000109. The highest BCUT2D eigenvalue weighted by atomic mass is 16.5. The number of anilines is 1. The van der Waals surface area contributed by atoms with E-state index in [0.717, 1.165) is 43.1 Å². The molecule has 1 aromatic heterocycles. The Bertz CT molecular complexity index is 700. The SMILES string of the molecule is C=C.CC(CCCCc1nc(C2CC2)no1)Nc1cccc(C#N)c1. The Hall–Kier alpha value is -2.61. The summed E-state index contributed by atoms with van der Waals surface area (Å²) in [5.41, 5.74) is 1.69. The minimum Gasteiger partial charge on any atom is -0.383 e. The van der Waals surface area contributed by atoms with Crippen LogP contribution in [0.1, 0.15) is 62.2 Å². The quantitative estimate of drug-likeness (QED) is 0.551. The lowest BCUT2D eigenvalue weighted by Crippen LogP contribution is -2.15. The third-order valence-corrected chi connectivity index (χ3v) is 4.11. The third-order valence-electron chi connectivity index (χ3n) is 4.11. The van der Waals surface area contributed by atoms with Crippen LogP contribution in [-0.4, -0.2) is 16.2 Å². The predicted molar refractivity (Wildman–Crippen MR) is 99.3 cm³/mol. The van der Waals surface area contributed by atoms with Gasteiger partial charge in [0.15, 0.2) is 5.82 Å². The second kappa shape index (κ2) is 9.63. The molecule has 2 aromatic rings. The van der Waals surface area contributed by atoms with Crippen LogP contribution in [0.5, 0.6) is 0 Å². The van der Waals surface area contributed by atoms with Crippen LogP contribution in [0, 0.1) is 11.3 Å². The Morgan fingerprint density at radius 2 is 2.16 bits per heavy atom. The summed E-state index contributed by atoms with van der Waals surface area (Å²) < 4.78 is 5.29. The maximum Gasteiger partial charge on any atom is 0.226 e. The van der Waals surface area contributed by atoms with E-state index in [-0.39, 0.29) is 0 Å². The molecule has 0 radical (unpaired) electrons. The molecule has 1 atom stereocenters.